The topological polar surface area (TPSA) is 192 Å². The number of carbonyl (C=O) groups is 1. The number of amides is 1. The maximum Gasteiger partial charge on any atom is 0.410 e. The Hall–Kier alpha value is -5.13. The van der Waals surface area contributed by atoms with Gasteiger partial charge in [-0.25, -0.2) is 24.7 Å². The molecular weight excluding hydrogens is 1030 g/mol. The Balaban J connectivity index is 0.000000238. The summed E-state index contributed by atoms with van der Waals surface area (Å²) in [5, 5.41) is 0. The van der Waals surface area contributed by atoms with Gasteiger partial charge in [-0.15, -0.1) is 0 Å². The maximum absolute atomic E-state index is 12.8. The number of piperidine rings is 1. The molecular formula is C53H73N11O5PdSi2. The largest absolute Gasteiger partial charge is 0.445 e. The molecule has 7 aromatic rings. The van der Waals surface area contributed by atoms with Gasteiger partial charge in [0.25, 0.3) is 0 Å². The number of likely N-dealkylation sites (tertiary alicyclic amines) is 1. The van der Waals surface area contributed by atoms with Crippen molar-refractivity contribution in [2.75, 3.05) is 26.3 Å². The van der Waals surface area contributed by atoms with Crippen molar-refractivity contribution in [3.05, 3.63) is 109 Å². The van der Waals surface area contributed by atoms with E-state index in [-0.39, 0.29) is 44.5 Å². The molecule has 1 aliphatic heterocycles. The van der Waals surface area contributed by atoms with Gasteiger partial charge in [0, 0.05) is 100 Å². The van der Waals surface area contributed by atoms with Crippen molar-refractivity contribution in [3.8, 4) is 22.8 Å². The molecule has 1 saturated carbocycles. The van der Waals surface area contributed by atoms with Gasteiger partial charge < -0.3 is 33.7 Å². The fourth-order valence-corrected chi connectivity index (χ4v) is 10.6. The second-order valence-corrected chi connectivity index (χ2v) is 32.5. The number of fused-ring (bicyclic) bond motifs is 2. The third-order valence-electron chi connectivity index (χ3n) is 13.1. The summed E-state index contributed by atoms with van der Waals surface area (Å²) in [6.45, 7) is 18.3. The van der Waals surface area contributed by atoms with E-state index in [1.807, 2.05) is 75.1 Å². The molecule has 1 saturated heterocycles. The molecule has 1 aliphatic carbocycles. The van der Waals surface area contributed by atoms with Crippen LogP contribution in [0.15, 0.2) is 92.0 Å². The predicted molar refractivity (Wildman–Crippen MR) is 284 cm³/mol. The predicted octanol–water partition coefficient (Wildman–Crippen LogP) is 10.3. The fourth-order valence-electron chi connectivity index (χ4n) is 9.05. The molecule has 2 N–H and O–H groups in total. The van der Waals surface area contributed by atoms with Gasteiger partial charge in [-0.1, -0.05) is 102 Å². The summed E-state index contributed by atoms with van der Waals surface area (Å²) >= 11 is 0. The molecule has 7 heterocycles. The van der Waals surface area contributed by atoms with Crippen LogP contribution in [0.4, 0.5) is 4.79 Å². The number of aromatic nitrogens is 10. The Morgan fingerprint density at radius 3 is 1.65 bits per heavy atom. The second kappa shape index (κ2) is 26.7. The third-order valence-corrected chi connectivity index (χ3v) is 16.5. The van der Waals surface area contributed by atoms with Crippen LogP contribution >= 0.6 is 0 Å². The van der Waals surface area contributed by atoms with Crippen molar-refractivity contribution in [3.63, 3.8) is 0 Å². The van der Waals surface area contributed by atoms with E-state index in [0.29, 0.717) is 44.6 Å². The molecule has 0 radical (unpaired) electrons. The first-order valence-electron chi connectivity index (χ1n) is 25.2. The van der Waals surface area contributed by atoms with Crippen LogP contribution < -0.4 is 0 Å². The first-order chi connectivity index (χ1) is 33.8. The van der Waals surface area contributed by atoms with Gasteiger partial charge in [-0.05, 0) is 67.3 Å². The number of hydrogen-bond acceptors (Lipinski definition) is 12. The Morgan fingerprint density at radius 1 is 0.625 bits per heavy atom. The first-order valence-corrected chi connectivity index (χ1v) is 32.6. The zero-order chi connectivity index (χ0) is 48.9. The van der Waals surface area contributed by atoms with Gasteiger partial charge in [0.05, 0.1) is 23.8 Å². The molecule has 0 unspecified atom stereocenters. The van der Waals surface area contributed by atoms with Crippen LogP contribution in [0, 0.1) is 11.8 Å². The summed E-state index contributed by atoms with van der Waals surface area (Å²) in [5.74, 6) is 0.972. The van der Waals surface area contributed by atoms with E-state index >= 15 is 0 Å². The summed E-state index contributed by atoms with van der Waals surface area (Å²) in [7, 11) is -2.20. The smallest absolute Gasteiger partial charge is 0.410 e. The normalized spacial score (nSPS) is 15.4. The minimum Gasteiger partial charge on any atom is -0.445 e. The minimum absolute atomic E-state index is 0. The molecule has 9 rings (SSSR count). The van der Waals surface area contributed by atoms with Gasteiger partial charge in [-0.3, -0.25) is 19.9 Å². The molecule has 0 spiro atoms. The zero-order valence-corrected chi connectivity index (χ0v) is 46.5. The van der Waals surface area contributed by atoms with Crippen molar-refractivity contribution in [1.82, 2.24) is 53.9 Å². The molecule has 2 aliphatic rings. The van der Waals surface area contributed by atoms with Gasteiger partial charge in [-0.2, -0.15) is 0 Å². The molecule has 1 amide bonds. The number of nitrogens with zero attached hydrogens (tertiary/aromatic N) is 11. The fraction of sp³-hybridized carbons (Fsp3) is 0.491. The summed E-state index contributed by atoms with van der Waals surface area (Å²) in [6.07, 6.45) is 24.5. The van der Waals surface area contributed by atoms with Gasteiger partial charge in [0.15, 0.2) is 11.3 Å². The Kier molecular flexibility index (Phi) is 20.8. The molecule has 19 heteroatoms. The second-order valence-electron chi connectivity index (χ2n) is 21.3. The van der Waals surface area contributed by atoms with E-state index < -0.39 is 16.1 Å². The molecule has 1 atom stereocenters. The van der Waals surface area contributed by atoms with E-state index in [1.165, 1.54) is 38.1 Å². The summed E-state index contributed by atoms with van der Waals surface area (Å²) in [4.78, 5) is 52.3. The van der Waals surface area contributed by atoms with Crippen LogP contribution in [0.3, 0.4) is 0 Å². The molecule has 6 aromatic heterocycles. The number of hydrogen-bond donors (Lipinski definition) is 0. The van der Waals surface area contributed by atoms with Crippen molar-refractivity contribution in [1.29, 1.82) is 0 Å². The van der Waals surface area contributed by atoms with Crippen molar-refractivity contribution in [2.24, 2.45) is 11.8 Å². The number of carbonyl (C=O) groups excluding carboxylic acids is 1. The standard InChI is InChI=1S/C30H38N6O3Si.C23H33N5OSi.H2O.Pd/c1-40(2,3)17-16-38-22-36-15-11-25-29(36)33-19-27(34-25)28-26(31-12-13-32-28)18-24-10-7-14-35(20-24)30(37)39-21-23-8-5-4-6-9-23;1-30(2,3)14-13-29-17-28-12-9-19-23(28)26-16-21(27-19)22-20(24-10-11-25-22)15-18-7-5-4-6-8-18;;/h4-6,8-9,11-13,15,19,24H,7,10,14,16-18,20-22H2,1-3H3;9-12,16,18H,4-8,13-15,17H2,1-3H3;1H2;/t24-;;;/m1.../s1. The summed E-state index contributed by atoms with van der Waals surface area (Å²) in [6, 6.07) is 16.0. The van der Waals surface area contributed by atoms with Crippen molar-refractivity contribution < 1.29 is 44.9 Å². The molecule has 2 fully saturated rings. The van der Waals surface area contributed by atoms with E-state index in [4.69, 9.17) is 34.1 Å². The van der Waals surface area contributed by atoms with Gasteiger partial charge in [0.1, 0.15) is 53.9 Å². The molecule has 1 aromatic carbocycles. The van der Waals surface area contributed by atoms with Crippen molar-refractivity contribution in [2.45, 2.75) is 129 Å². The Morgan fingerprint density at radius 2 is 1.12 bits per heavy atom. The van der Waals surface area contributed by atoms with Crippen LogP contribution in [0.25, 0.3) is 45.1 Å². The van der Waals surface area contributed by atoms with Crippen molar-refractivity contribution >= 4 is 44.6 Å². The molecule has 72 heavy (non-hydrogen) atoms. The average molecular weight is 1110 g/mol. The van der Waals surface area contributed by atoms with Crippen LogP contribution in [-0.4, -0.2) is 108 Å². The summed E-state index contributed by atoms with van der Waals surface area (Å²) < 4.78 is 21.4. The summed E-state index contributed by atoms with van der Waals surface area (Å²) in [5.41, 5.74) is 9.32. The van der Waals surface area contributed by atoms with E-state index in [1.54, 1.807) is 31.0 Å². The van der Waals surface area contributed by atoms with E-state index in [0.717, 1.165) is 94.9 Å². The Labute approximate surface area is 440 Å². The number of rotatable bonds is 18. The van der Waals surface area contributed by atoms with Crippen LogP contribution in [-0.2, 0) is 67.5 Å². The number of benzene rings is 1. The zero-order valence-electron chi connectivity index (χ0n) is 42.9. The minimum atomic E-state index is -1.13. The van der Waals surface area contributed by atoms with Crippen LogP contribution in [0.2, 0.25) is 51.4 Å². The number of ether oxygens (including phenoxy) is 3. The Bertz CT molecular complexity index is 2780. The van der Waals surface area contributed by atoms with Gasteiger partial charge >= 0.3 is 6.09 Å². The maximum atomic E-state index is 12.8. The van der Waals surface area contributed by atoms with Crippen LogP contribution in [0.5, 0.6) is 0 Å². The van der Waals surface area contributed by atoms with Crippen LogP contribution in [0.1, 0.15) is 61.9 Å². The third kappa shape index (κ3) is 16.2. The van der Waals surface area contributed by atoms with E-state index in [2.05, 4.69) is 59.2 Å². The average Bonchev–Trinajstić information content (AvgIpc) is 3.97. The van der Waals surface area contributed by atoms with E-state index in [9.17, 15) is 4.79 Å². The SMILES string of the molecule is C[Si](C)(C)CCOCn1ccc2nc(-c3nccnc3CC3CCCCC3)cnc21.C[Si](C)(C)CCOCn1ccc2nc(-c3nccnc3C[C@H]3CCCN(C(=O)OCc4ccccc4)C3)cnc21.O.[Pd]. The quantitative estimate of drug-likeness (QED) is 0.0584. The molecule has 0 bridgehead atoms. The molecule has 16 nitrogen and oxygen atoms in total. The van der Waals surface area contributed by atoms with Gasteiger partial charge in [0.2, 0.25) is 0 Å². The molecule has 388 valence electrons. The first kappa shape index (κ1) is 56.2. The monoisotopic (exact) mass is 1110 g/mol.